The smallest absolute Gasteiger partial charge is 0.237 e. The van der Waals surface area contributed by atoms with Gasteiger partial charge in [-0.1, -0.05) is 13.8 Å². The number of piperidine rings is 1. The maximum Gasteiger partial charge on any atom is 0.237 e. The molecule has 0 aromatic carbocycles. The van der Waals surface area contributed by atoms with E-state index in [1.807, 2.05) is 13.8 Å². The minimum Gasteiger partial charge on any atom is -0.352 e. The van der Waals surface area contributed by atoms with Crippen LogP contribution in [-0.2, 0) is 14.3 Å². The molecule has 0 bridgehead atoms. The molecule has 0 saturated carbocycles. The number of nitrogens with one attached hydrogen (secondary N) is 2. The van der Waals surface area contributed by atoms with E-state index in [0.29, 0.717) is 13.2 Å². The first-order valence-electron chi connectivity index (χ1n) is 7.08. The van der Waals surface area contributed by atoms with Crippen molar-refractivity contribution in [2.45, 2.75) is 44.6 Å². The van der Waals surface area contributed by atoms with Gasteiger partial charge in [-0.25, -0.2) is 0 Å². The van der Waals surface area contributed by atoms with E-state index in [1.165, 1.54) is 0 Å². The molecule has 6 nitrogen and oxygen atoms in total. The van der Waals surface area contributed by atoms with E-state index in [4.69, 9.17) is 15.2 Å². The van der Waals surface area contributed by atoms with E-state index in [9.17, 15) is 4.79 Å². The molecule has 0 aliphatic carbocycles. The van der Waals surface area contributed by atoms with Crippen molar-refractivity contribution in [3.8, 4) is 0 Å². The van der Waals surface area contributed by atoms with Gasteiger partial charge < -0.3 is 25.8 Å². The minimum atomic E-state index is -0.463. The van der Waals surface area contributed by atoms with E-state index >= 15 is 0 Å². The molecular weight excluding hydrogens is 246 g/mol. The third-order valence-electron chi connectivity index (χ3n) is 3.80. The van der Waals surface area contributed by atoms with Gasteiger partial charge in [-0.2, -0.15) is 0 Å². The van der Waals surface area contributed by atoms with Crippen LogP contribution in [0.25, 0.3) is 0 Å². The first-order chi connectivity index (χ1) is 9.02. The highest BCUT2D eigenvalue weighted by molar-refractivity contribution is 5.81. The molecule has 110 valence electrons. The summed E-state index contributed by atoms with van der Waals surface area (Å²) in [5.74, 6) is -0.415. The number of nitrogens with two attached hydrogens (primary N) is 1. The van der Waals surface area contributed by atoms with Crippen molar-refractivity contribution >= 4 is 5.91 Å². The lowest BCUT2D eigenvalue weighted by molar-refractivity contribution is -0.182. The Kier molecular flexibility index (Phi) is 4.78. The van der Waals surface area contributed by atoms with E-state index in [0.717, 1.165) is 25.9 Å². The van der Waals surface area contributed by atoms with Crippen molar-refractivity contribution in [1.29, 1.82) is 0 Å². The molecule has 0 aromatic heterocycles. The van der Waals surface area contributed by atoms with E-state index in [-0.39, 0.29) is 17.9 Å². The van der Waals surface area contributed by atoms with Crippen molar-refractivity contribution < 1.29 is 14.3 Å². The van der Waals surface area contributed by atoms with Crippen molar-refractivity contribution in [2.75, 3.05) is 26.2 Å². The van der Waals surface area contributed by atoms with Gasteiger partial charge in [0.05, 0.1) is 12.6 Å². The van der Waals surface area contributed by atoms with Gasteiger partial charge in [0.15, 0.2) is 5.79 Å². The van der Waals surface area contributed by atoms with Gasteiger partial charge in [-0.3, -0.25) is 4.79 Å². The molecule has 0 radical (unpaired) electrons. The maximum atomic E-state index is 11.8. The third-order valence-corrected chi connectivity index (χ3v) is 3.80. The molecule has 6 heteroatoms. The first kappa shape index (κ1) is 14.7. The molecule has 0 aromatic rings. The standard InChI is InChI=1S/C13H25N3O3/c1-9(2)11(14)12(17)16-7-10-8-18-13(19-10)3-5-15-6-4-13/h9-11,15H,3-8,14H2,1-2H3,(H,16,17)/t10?,11-/m0/s1. The summed E-state index contributed by atoms with van der Waals surface area (Å²) in [5.41, 5.74) is 5.79. The molecule has 2 atom stereocenters. The Balaban J connectivity index is 1.74. The number of carbonyl (C=O) groups excluding carboxylic acids is 1. The van der Waals surface area contributed by atoms with E-state index in [1.54, 1.807) is 0 Å². The van der Waals surface area contributed by atoms with Crippen molar-refractivity contribution in [1.82, 2.24) is 10.6 Å². The lowest BCUT2D eigenvalue weighted by Crippen LogP contribution is -2.47. The molecule has 2 fully saturated rings. The molecule has 2 heterocycles. The van der Waals surface area contributed by atoms with Crippen LogP contribution in [-0.4, -0.2) is 50.1 Å². The van der Waals surface area contributed by atoms with E-state index in [2.05, 4.69) is 10.6 Å². The maximum absolute atomic E-state index is 11.8. The van der Waals surface area contributed by atoms with Gasteiger partial charge in [0, 0.05) is 32.5 Å². The Morgan fingerprint density at radius 1 is 1.47 bits per heavy atom. The largest absolute Gasteiger partial charge is 0.352 e. The molecule has 1 amide bonds. The van der Waals surface area contributed by atoms with Gasteiger partial charge in [0.2, 0.25) is 5.91 Å². The highest BCUT2D eigenvalue weighted by atomic mass is 16.7. The topological polar surface area (TPSA) is 85.6 Å². The fourth-order valence-electron chi connectivity index (χ4n) is 2.42. The van der Waals surface area contributed by atoms with Crippen molar-refractivity contribution in [3.63, 3.8) is 0 Å². The summed E-state index contributed by atoms with van der Waals surface area (Å²) >= 11 is 0. The van der Waals surface area contributed by atoms with Gasteiger partial charge in [0.1, 0.15) is 6.10 Å². The number of hydrogen-bond acceptors (Lipinski definition) is 5. The molecule has 1 spiro atoms. The third kappa shape index (κ3) is 3.66. The SMILES string of the molecule is CC(C)[C@H](N)C(=O)NCC1COC2(CCNCC2)O1. The van der Waals surface area contributed by atoms with Crippen LogP contribution in [0.5, 0.6) is 0 Å². The van der Waals surface area contributed by atoms with Crippen LogP contribution in [0.3, 0.4) is 0 Å². The van der Waals surface area contributed by atoms with E-state index < -0.39 is 11.8 Å². The summed E-state index contributed by atoms with van der Waals surface area (Å²) < 4.78 is 11.8. The zero-order valence-electron chi connectivity index (χ0n) is 11.8. The van der Waals surface area contributed by atoms with Gasteiger partial charge in [-0.05, 0) is 5.92 Å². The van der Waals surface area contributed by atoms with Crippen LogP contribution in [0.4, 0.5) is 0 Å². The van der Waals surface area contributed by atoms with Crippen LogP contribution in [0, 0.1) is 5.92 Å². The summed E-state index contributed by atoms with van der Waals surface area (Å²) in [6.07, 6.45) is 1.66. The average Bonchev–Trinajstić information content (AvgIpc) is 2.79. The molecule has 2 aliphatic rings. The Labute approximate surface area is 114 Å². The molecule has 2 aliphatic heterocycles. The lowest BCUT2D eigenvalue weighted by atomic mass is 10.1. The van der Waals surface area contributed by atoms with Gasteiger partial charge >= 0.3 is 0 Å². The molecule has 2 rings (SSSR count). The van der Waals surface area contributed by atoms with Crippen LogP contribution < -0.4 is 16.4 Å². The summed E-state index contributed by atoms with van der Waals surface area (Å²) in [6.45, 7) is 6.70. The van der Waals surface area contributed by atoms with Crippen molar-refractivity contribution in [2.24, 2.45) is 11.7 Å². The second-order valence-electron chi connectivity index (χ2n) is 5.73. The quantitative estimate of drug-likeness (QED) is 0.647. The number of rotatable bonds is 4. The van der Waals surface area contributed by atoms with Gasteiger partial charge in [0.25, 0.3) is 0 Å². The lowest BCUT2D eigenvalue weighted by Gasteiger charge is -2.32. The minimum absolute atomic E-state index is 0.0681. The molecule has 2 saturated heterocycles. The number of ether oxygens (including phenoxy) is 2. The summed E-state index contributed by atoms with van der Waals surface area (Å²) in [5, 5.41) is 6.13. The van der Waals surface area contributed by atoms with Crippen LogP contribution in [0.1, 0.15) is 26.7 Å². The van der Waals surface area contributed by atoms with Crippen LogP contribution in [0.2, 0.25) is 0 Å². The zero-order chi connectivity index (χ0) is 13.9. The second-order valence-corrected chi connectivity index (χ2v) is 5.73. The molecule has 1 unspecified atom stereocenters. The van der Waals surface area contributed by atoms with Gasteiger partial charge in [-0.15, -0.1) is 0 Å². The number of hydrogen-bond donors (Lipinski definition) is 3. The Bertz CT molecular complexity index is 316. The molecular formula is C13H25N3O3. The Morgan fingerprint density at radius 2 is 2.16 bits per heavy atom. The molecule has 4 N–H and O–H groups in total. The molecule has 19 heavy (non-hydrogen) atoms. The summed E-state index contributed by atoms with van der Waals surface area (Å²) in [7, 11) is 0. The summed E-state index contributed by atoms with van der Waals surface area (Å²) in [4.78, 5) is 11.8. The van der Waals surface area contributed by atoms with Crippen LogP contribution in [0.15, 0.2) is 0 Å². The fourth-order valence-corrected chi connectivity index (χ4v) is 2.42. The normalized spacial score (nSPS) is 27.7. The van der Waals surface area contributed by atoms with Crippen LogP contribution >= 0.6 is 0 Å². The highest BCUT2D eigenvalue weighted by Gasteiger charge is 2.42. The second kappa shape index (κ2) is 6.17. The Morgan fingerprint density at radius 3 is 2.79 bits per heavy atom. The fraction of sp³-hybridized carbons (Fsp3) is 0.923. The Hall–Kier alpha value is -0.690. The summed E-state index contributed by atoms with van der Waals surface area (Å²) in [6, 6.07) is -0.463. The average molecular weight is 271 g/mol. The number of carbonyl (C=O) groups is 1. The monoisotopic (exact) mass is 271 g/mol. The first-order valence-corrected chi connectivity index (χ1v) is 7.08. The predicted molar refractivity (Wildman–Crippen MR) is 71.5 cm³/mol. The zero-order valence-corrected chi connectivity index (χ0v) is 11.8. The number of amides is 1. The van der Waals surface area contributed by atoms with Crippen molar-refractivity contribution in [3.05, 3.63) is 0 Å². The predicted octanol–water partition coefficient (Wildman–Crippen LogP) is -0.419. The highest BCUT2D eigenvalue weighted by Crippen LogP contribution is 2.31.